The maximum absolute atomic E-state index is 13.0. The summed E-state index contributed by atoms with van der Waals surface area (Å²) in [7, 11) is -8.07. The van der Waals surface area contributed by atoms with Crippen molar-refractivity contribution in [3.63, 3.8) is 0 Å². The van der Waals surface area contributed by atoms with Gasteiger partial charge in [0.05, 0.1) is 23.0 Å². The number of sulfone groups is 1. The lowest BCUT2D eigenvalue weighted by molar-refractivity contribution is 0.0170. The Labute approximate surface area is 126 Å². The van der Waals surface area contributed by atoms with Crippen LogP contribution >= 0.6 is 11.6 Å². The molecule has 0 aromatic heterocycles. The van der Waals surface area contributed by atoms with E-state index in [4.69, 9.17) is 17.3 Å². The molecule has 21 heavy (non-hydrogen) atoms. The van der Waals surface area contributed by atoms with Gasteiger partial charge < -0.3 is 5.73 Å². The van der Waals surface area contributed by atoms with E-state index >= 15 is 0 Å². The first-order valence-corrected chi connectivity index (χ1v) is 9.21. The van der Waals surface area contributed by atoms with Crippen LogP contribution < -0.4 is 10.5 Å². The Morgan fingerprint density at radius 3 is 2.33 bits per heavy atom. The molecule has 0 bridgehead atoms. The predicted octanol–water partition coefficient (Wildman–Crippen LogP) is 0.616. The van der Waals surface area contributed by atoms with Crippen molar-refractivity contribution in [1.29, 1.82) is 0 Å². The molecule has 0 aliphatic carbocycles. The van der Waals surface area contributed by atoms with Gasteiger partial charge in [0.25, 0.3) is 5.92 Å². The first-order valence-electron chi connectivity index (χ1n) is 5.46. The first kappa shape index (κ1) is 18.2. The summed E-state index contributed by atoms with van der Waals surface area (Å²) >= 11 is 5.69. The second kappa shape index (κ2) is 6.13. The zero-order chi connectivity index (χ0) is 16.5. The summed E-state index contributed by atoms with van der Waals surface area (Å²) in [6.45, 7) is -2.25. The van der Waals surface area contributed by atoms with Gasteiger partial charge in [-0.15, -0.1) is 0 Å². The molecule has 3 N–H and O–H groups in total. The predicted molar refractivity (Wildman–Crippen MR) is 73.8 cm³/mol. The van der Waals surface area contributed by atoms with Crippen molar-refractivity contribution >= 4 is 31.5 Å². The van der Waals surface area contributed by atoms with Crippen molar-refractivity contribution in [2.75, 3.05) is 19.3 Å². The second-order valence-corrected chi connectivity index (χ2v) is 8.41. The van der Waals surface area contributed by atoms with E-state index in [-0.39, 0.29) is 9.92 Å². The van der Waals surface area contributed by atoms with E-state index in [1.807, 2.05) is 0 Å². The van der Waals surface area contributed by atoms with Gasteiger partial charge >= 0.3 is 0 Å². The minimum absolute atomic E-state index is 0.286. The van der Waals surface area contributed by atoms with Gasteiger partial charge in [0, 0.05) is 6.26 Å². The zero-order valence-electron chi connectivity index (χ0n) is 10.8. The van der Waals surface area contributed by atoms with Gasteiger partial charge in [-0.3, -0.25) is 0 Å². The van der Waals surface area contributed by atoms with Gasteiger partial charge in [-0.2, -0.15) is 0 Å². The van der Waals surface area contributed by atoms with Crippen LogP contribution in [0.15, 0.2) is 28.0 Å². The van der Waals surface area contributed by atoms with Crippen molar-refractivity contribution in [3.05, 3.63) is 23.2 Å². The fourth-order valence-corrected chi connectivity index (χ4v) is 3.58. The number of benzene rings is 1. The Morgan fingerprint density at radius 1 is 1.29 bits per heavy atom. The molecule has 0 radical (unpaired) electrons. The smallest absolute Gasteiger partial charge is 0.273 e. The molecule has 0 saturated carbocycles. The summed E-state index contributed by atoms with van der Waals surface area (Å²) in [5.74, 6) is -3.42. The number of nitrogens with one attached hydrogen (secondary N) is 1. The number of hydrogen-bond acceptors (Lipinski definition) is 5. The number of rotatable bonds is 6. The molecule has 0 amide bonds. The Balaban J connectivity index is 3.20. The lowest BCUT2D eigenvalue weighted by atomic mass is 10.3. The second-order valence-electron chi connectivity index (χ2n) is 4.25. The standard InChI is InChI=1S/C10H13ClF2N2O4S2/c1-20(16,17)7-2-3-8(11)9(4-7)21(18,19)15-6-10(12,13)5-14/h2-4,15H,5-6,14H2,1H3. The van der Waals surface area contributed by atoms with Crippen LogP contribution in [0.5, 0.6) is 0 Å². The van der Waals surface area contributed by atoms with Crippen LogP contribution in [0.4, 0.5) is 8.78 Å². The Morgan fingerprint density at radius 2 is 1.86 bits per heavy atom. The number of sulfonamides is 1. The molecule has 6 nitrogen and oxygen atoms in total. The van der Waals surface area contributed by atoms with Gasteiger partial charge in [0.1, 0.15) is 4.90 Å². The highest BCUT2D eigenvalue weighted by atomic mass is 35.5. The van der Waals surface area contributed by atoms with Gasteiger partial charge in [-0.05, 0) is 18.2 Å². The van der Waals surface area contributed by atoms with Crippen LogP contribution in [0.3, 0.4) is 0 Å². The summed E-state index contributed by atoms with van der Waals surface area (Å²) in [5.41, 5.74) is 4.80. The Hall–Kier alpha value is -0.810. The first-order chi connectivity index (χ1) is 9.39. The van der Waals surface area contributed by atoms with Gasteiger partial charge in [-0.25, -0.2) is 30.3 Å². The highest BCUT2D eigenvalue weighted by molar-refractivity contribution is 7.91. The van der Waals surface area contributed by atoms with Crippen LogP contribution in [0.25, 0.3) is 0 Å². The average molecular weight is 363 g/mol. The Kier molecular flexibility index (Phi) is 5.32. The average Bonchev–Trinajstić information content (AvgIpc) is 2.35. The third-order valence-electron chi connectivity index (χ3n) is 2.44. The largest absolute Gasteiger partial charge is 0.325 e. The van der Waals surface area contributed by atoms with Gasteiger partial charge in [0.15, 0.2) is 9.84 Å². The molecule has 0 aliphatic heterocycles. The lowest BCUT2D eigenvalue weighted by Gasteiger charge is -2.15. The van der Waals surface area contributed by atoms with E-state index in [1.165, 1.54) is 0 Å². The van der Waals surface area contributed by atoms with Crippen molar-refractivity contribution < 1.29 is 25.6 Å². The lowest BCUT2D eigenvalue weighted by Crippen LogP contribution is -2.41. The molecule has 0 unspecified atom stereocenters. The molecule has 0 heterocycles. The fraction of sp³-hybridized carbons (Fsp3) is 0.400. The topological polar surface area (TPSA) is 106 Å². The number of alkyl halides is 2. The van der Waals surface area contributed by atoms with Crippen LogP contribution in [-0.4, -0.2) is 42.1 Å². The van der Waals surface area contributed by atoms with Crippen LogP contribution in [0.1, 0.15) is 0 Å². The summed E-state index contributed by atoms with van der Waals surface area (Å²) in [6, 6.07) is 2.99. The van der Waals surface area contributed by atoms with Crippen molar-refractivity contribution in [3.8, 4) is 0 Å². The Bertz CT molecular complexity index is 735. The maximum Gasteiger partial charge on any atom is 0.273 e. The van der Waals surface area contributed by atoms with Crippen LogP contribution in [0.2, 0.25) is 5.02 Å². The fourth-order valence-electron chi connectivity index (χ4n) is 1.27. The van der Waals surface area contributed by atoms with Gasteiger partial charge in [-0.1, -0.05) is 11.6 Å². The molecular weight excluding hydrogens is 350 g/mol. The molecule has 120 valence electrons. The monoisotopic (exact) mass is 362 g/mol. The highest BCUT2D eigenvalue weighted by Gasteiger charge is 2.30. The minimum Gasteiger partial charge on any atom is -0.325 e. The molecule has 0 fully saturated rings. The van der Waals surface area contributed by atoms with Crippen LogP contribution in [0, 0.1) is 0 Å². The zero-order valence-corrected chi connectivity index (χ0v) is 13.2. The quantitative estimate of drug-likeness (QED) is 0.771. The number of halogens is 3. The van der Waals surface area contributed by atoms with E-state index in [9.17, 15) is 25.6 Å². The number of hydrogen-bond donors (Lipinski definition) is 2. The molecule has 1 aromatic rings. The van der Waals surface area contributed by atoms with E-state index < -0.39 is 43.8 Å². The normalized spacial score (nSPS) is 13.4. The van der Waals surface area contributed by atoms with Gasteiger partial charge in [0.2, 0.25) is 10.0 Å². The molecular formula is C10H13ClF2N2O4S2. The third kappa shape index (κ3) is 4.85. The van der Waals surface area contributed by atoms with E-state index in [0.29, 0.717) is 0 Å². The molecule has 1 aromatic carbocycles. The minimum atomic E-state index is -4.40. The van der Waals surface area contributed by atoms with E-state index in [0.717, 1.165) is 24.5 Å². The SMILES string of the molecule is CS(=O)(=O)c1ccc(Cl)c(S(=O)(=O)NCC(F)(F)CN)c1. The maximum atomic E-state index is 13.0. The molecule has 0 atom stereocenters. The van der Waals surface area contributed by atoms with Crippen LogP contribution in [-0.2, 0) is 19.9 Å². The summed E-state index contributed by atoms with van der Waals surface area (Å²) in [5, 5.41) is -0.286. The van der Waals surface area contributed by atoms with E-state index in [2.05, 4.69) is 0 Å². The van der Waals surface area contributed by atoms with E-state index in [1.54, 1.807) is 4.72 Å². The molecule has 0 saturated heterocycles. The molecule has 11 heteroatoms. The summed E-state index contributed by atoms with van der Waals surface area (Å²) in [4.78, 5) is -0.891. The number of nitrogens with two attached hydrogens (primary N) is 1. The third-order valence-corrected chi connectivity index (χ3v) is 5.43. The van der Waals surface area contributed by atoms with Crippen molar-refractivity contribution in [2.24, 2.45) is 5.73 Å². The molecule has 1 rings (SSSR count). The molecule has 0 spiro atoms. The highest BCUT2D eigenvalue weighted by Crippen LogP contribution is 2.25. The van der Waals surface area contributed by atoms with Crippen molar-refractivity contribution in [1.82, 2.24) is 4.72 Å². The molecule has 0 aliphatic rings. The van der Waals surface area contributed by atoms with Crippen molar-refractivity contribution in [2.45, 2.75) is 15.7 Å². The summed E-state index contributed by atoms with van der Waals surface area (Å²) in [6.07, 6.45) is 0.878. The summed E-state index contributed by atoms with van der Waals surface area (Å²) < 4.78 is 74.3.